The number of carbonyl (C=O) groups excluding carboxylic acids is 2. The first-order valence-corrected chi connectivity index (χ1v) is 12.8. The summed E-state index contributed by atoms with van der Waals surface area (Å²) in [5.74, 6) is -1.21. The molecule has 2 unspecified atom stereocenters. The molecule has 0 heterocycles. The average molecular weight is 589 g/mol. The van der Waals surface area contributed by atoms with Gasteiger partial charge in [0, 0.05) is 34.7 Å². The molecule has 1 aliphatic carbocycles. The van der Waals surface area contributed by atoms with Crippen molar-refractivity contribution < 1.29 is 14.0 Å². The molecule has 0 bridgehead atoms. The summed E-state index contributed by atoms with van der Waals surface area (Å²) < 4.78 is 11.7. The lowest BCUT2D eigenvalue weighted by Crippen LogP contribution is -2.26. The van der Waals surface area contributed by atoms with E-state index >= 15 is 0 Å². The van der Waals surface area contributed by atoms with Gasteiger partial charge in [-0.2, -0.15) is 0 Å². The molecule has 36 heavy (non-hydrogen) atoms. The lowest BCUT2D eigenvalue weighted by Gasteiger charge is -2.15. The minimum atomic E-state index is -1.37. The van der Waals surface area contributed by atoms with Gasteiger partial charge in [-0.15, -0.1) is 0 Å². The van der Waals surface area contributed by atoms with Gasteiger partial charge in [0.25, 0.3) is 5.91 Å². The number of nitrogens with one attached hydrogen (secondary N) is 2. The molecule has 2 N–H and O–H groups in total. The summed E-state index contributed by atoms with van der Waals surface area (Å²) >= 11 is 31.6. The number of aldehydes is 1. The van der Waals surface area contributed by atoms with Crippen LogP contribution in [0, 0.1) is 11.2 Å². The Morgan fingerprint density at radius 3 is 2.28 bits per heavy atom. The van der Waals surface area contributed by atoms with Gasteiger partial charge in [-0.1, -0.05) is 70.1 Å². The molecule has 1 amide bonds. The van der Waals surface area contributed by atoms with Crippen LogP contribution in [0.1, 0.15) is 27.4 Å². The van der Waals surface area contributed by atoms with Gasteiger partial charge in [-0.05, 0) is 66.1 Å². The van der Waals surface area contributed by atoms with Crippen LogP contribution in [-0.2, 0) is 11.2 Å². The predicted octanol–water partition coefficient (Wildman–Crippen LogP) is 7.33. The highest BCUT2D eigenvalue weighted by Crippen LogP contribution is 2.73. The van der Waals surface area contributed by atoms with Crippen molar-refractivity contribution in [2.24, 2.45) is 5.41 Å². The number of alkyl halides is 2. The van der Waals surface area contributed by atoms with Crippen LogP contribution in [0.15, 0.2) is 60.7 Å². The highest BCUT2D eigenvalue weighted by atomic mass is 35.5. The van der Waals surface area contributed by atoms with Gasteiger partial charge < -0.3 is 15.4 Å². The molecular weight excluding hydrogens is 569 g/mol. The standard InChI is InChI=1S/C26H20Cl5FN2O2/c27-17-9-16(10-18(28)11-17)23-25(14-35,26(23,30)31)13-34-20-5-6-22(29)21(12-20)24(36)33-8-7-15-1-3-19(32)4-2-15/h1-6,9-12,14,23,34H,7-8,13H2,(H,33,36). The molecule has 1 fully saturated rings. The summed E-state index contributed by atoms with van der Waals surface area (Å²) in [5, 5.41) is 7.05. The number of anilines is 1. The number of hydrogen-bond donors (Lipinski definition) is 2. The second kappa shape index (κ2) is 10.8. The zero-order valence-electron chi connectivity index (χ0n) is 18.6. The minimum Gasteiger partial charge on any atom is -0.384 e. The maximum Gasteiger partial charge on any atom is 0.252 e. The third kappa shape index (κ3) is 5.46. The van der Waals surface area contributed by atoms with Crippen molar-refractivity contribution in [2.45, 2.75) is 16.7 Å². The normalized spacial score (nSPS) is 20.0. The Labute approximate surface area is 233 Å². The van der Waals surface area contributed by atoms with Crippen molar-refractivity contribution in [3.05, 3.63) is 98.2 Å². The molecule has 0 saturated heterocycles. The quantitative estimate of drug-likeness (QED) is 0.203. The first-order valence-electron chi connectivity index (χ1n) is 10.9. The van der Waals surface area contributed by atoms with Crippen molar-refractivity contribution in [1.82, 2.24) is 5.32 Å². The van der Waals surface area contributed by atoms with Crippen LogP contribution < -0.4 is 10.6 Å². The highest BCUT2D eigenvalue weighted by molar-refractivity contribution is 6.54. The van der Waals surface area contributed by atoms with Crippen LogP contribution in [-0.4, -0.2) is 29.6 Å². The predicted molar refractivity (Wildman–Crippen MR) is 145 cm³/mol. The molecule has 1 saturated carbocycles. The zero-order valence-corrected chi connectivity index (χ0v) is 22.4. The number of halogens is 6. The van der Waals surface area contributed by atoms with Crippen LogP contribution in [0.25, 0.3) is 0 Å². The molecule has 2 atom stereocenters. The number of benzene rings is 3. The maximum absolute atomic E-state index is 13.1. The second-order valence-electron chi connectivity index (χ2n) is 8.60. The Morgan fingerprint density at radius 2 is 1.64 bits per heavy atom. The SMILES string of the molecule is O=CC1(CNc2ccc(Cl)c(C(=O)NCCc3ccc(F)cc3)c2)C(c2cc(Cl)cc(Cl)c2)C1(Cl)Cl. The van der Waals surface area contributed by atoms with E-state index in [-0.39, 0.29) is 28.9 Å². The van der Waals surface area contributed by atoms with E-state index in [0.717, 1.165) is 11.8 Å². The Hall–Kier alpha value is -2.02. The summed E-state index contributed by atoms with van der Waals surface area (Å²) in [6.45, 7) is 0.448. The third-order valence-electron chi connectivity index (χ3n) is 6.25. The first-order chi connectivity index (χ1) is 17.1. The van der Waals surface area contributed by atoms with Crippen molar-refractivity contribution >= 4 is 75.9 Å². The molecule has 4 nitrogen and oxygen atoms in total. The topological polar surface area (TPSA) is 58.2 Å². The Bertz CT molecular complexity index is 1280. The van der Waals surface area contributed by atoms with E-state index in [1.807, 2.05) is 0 Å². The largest absolute Gasteiger partial charge is 0.384 e. The molecule has 0 radical (unpaired) electrons. The zero-order chi connectivity index (χ0) is 26.1. The van der Waals surface area contributed by atoms with Crippen molar-refractivity contribution in [2.75, 3.05) is 18.4 Å². The Kier molecular flexibility index (Phi) is 8.08. The van der Waals surface area contributed by atoms with E-state index < -0.39 is 15.7 Å². The van der Waals surface area contributed by atoms with E-state index in [9.17, 15) is 14.0 Å². The summed E-state index contributed by atoms with van der Waals surface area (Å²) in [6, 6.07) is 15.9. The molecule has 3 aromatic rings. The highest BCUT2D eigenvalue weighted by Gasteiger charge is 2.76. The van der Waals surface area contributed by atoms with Gasteiger partial charge in [-0.3, -0.25) is 4.79 Å². The monoisotopic (exact) mass is 586 g/mol. The molecule has 0 aromatic heterocycles. The molecule has 4 rings (SSSR count). The van der Waals surface area contributed by atoms with Gasteiger partial charge >= 0.3 is 0 Å². The minimum absolute atomic E-state index is 0.103. The lowest BCUT2D eigenvalue weighted by molar-refractivity contribution is -0.112. The van der Waals surface area contributed by atoms with Crippen molar-refractivity contribution in [1.29, 1.82) is 0 Å². The van der Waals surface area contributed by atoms with Crippen molar-refractivity contribution in [3.8, 4) is 0 Å². The number of rotatable bonds is 9. The second-order valence-corrected chi connectivity index (χ2v) is 11.3. The Balaban J connectivity index is 1.44. The smallest absolute Gasteiger partial charge is 0.252 e. The van der Waals surface area contributed by atoms with E-state index in [1.165, 1.54) is 12.1 Å². The van der Waals surface area contributed by atoms with E-state index in [4.69, 9.17) is 58.0 Å². The number of amides is 1. The Morgan fingerprint density at radius 1 is 0.972 bits per heavy atom. The van der Waals surface area contributed by atoms with Gasteiger partial charge in [-0.25, -0.2) is 4.39 Å². The maximum atomic E-state index is 13.1. The summed E-state index contributed by atoms with van der Waals surface area (Å²) in [6.07, 6.45) is 1.27. The lowest BCUT2D eigenvalue weighted by atomic mass is 10.00. The summed E-state index contributed by atoms with van der Waals surface area (Å²) in [4.78, 5) is 24.9. The molecule has 0 spiro atoms. The van der Waals surface area contributed by atoms with Gasteiger partial charge in [0.15, 0.2) is 0 Å². The fraction of sp³-hybridized carbons (Fsp3) is 0.231. The van der Waals surface area contributed by atoms with Crippen LogP contribution in [0.4, 0.5) is 10.1 Å². The van der Waals surface area contributed by atoms with Gasteiger partial charge in [0.1, 0.15) is 16.4 Å². The van der Waals surface area contributed by atoms with Crippen LogP contribution in [0.5, 0.6) is 0 Å². The van der Waals surface area contributed by atoms with E-state index in [1.54, 1.807) is 48.5 Å². The van der Waals surface area contributed by atoms with Gasteiger partial charge in [0.05, 0.1) is 16.0 Å². The fourth-order valence-corrected chi connectivity index (χ4v) is 5.98. The first kappa shape index (κ1) is 27.0. The number of carbonyl (C=O) groups is 2. The summed E-state index contributed by atoms with van der Waals surface area (Å²) in [7, 11) is 0. The molecule has 10 heteroatoms. The van der Waals surface area contributed by atoms with Crippen molar-refractivity contribution in [3.63, 3.8) is 0 Å². The number of hydrogen-bond acceptors (Lipinski definition) is 3. The molecular formula is C26H20Cl5FN2O2. The summed E-state index contributed by atoms with van der Waals surface area (Å²) in [5.41, 5.74) is 1.23. The molecule has 188 valence electrons. The van der Waals surface area contributed by atoms with Gasteiger partial charge in [0.2, 0.25) is 0 Å². The van der Waals surface area contributed by atoms with Crippen LogP contribution in [0.2, 0.25) is 15.1 Å². The van der Waals surface area contributed by atoms with E-state index in [0.29, 0.717) is 34.3 Å². The van der Waals surface area contributed by atoms with Crippen LogP contribution >= 0.6 is 58.0 Å². The average Bonchev–Trinajstić information content (AvgIpc) is 3.33. The molecule has 1 aliphatic rings. The third-order valence-corrected chi connectivity index (χ3v) is 8.16. The van der Waals surface area contributed by atoms with Crippen LogP contribution in [0.3, 0.4) is 0 Å². The van der Waals surface area contributed by atoms with E-state index in [2.05, 4.69) is 10.6 Å². The fourth-order valence-electron chi connectivity index (χ4n) is 4.26. The molecule has 0 aliphatic heterocycles. The molecule has 3 aromatic carbocycles.